The van der Waals surface area contributed by atoms with Gasteiger partial charge in [0, 0.05) is 26.2 Å². The molecule has 0 bridgehead atoms. The summed E-state index contributed by atoms with van der Waals surface area (Å²) in [6.45, 7) is 5.57. The van der Waals surface area contributed by atoms with Crippen LogP contribution in [0.3, 0.4) is 0 Å². The number of anilines is 3. The number of aromatic hydroxyl groups is 1. The minimum Gasteiger partial charge on any atom is -0.508 e. The molecular formula is C18H23N7O3. The molecule has 0 aliphatic carbocycles. The molecule has 0 unspecified atom stereocenters. The molecule has 10 heteroatoms. The molecule has 28 heavy (non-hydrogen) atoms. The van der Waals surface area contributed by atoms with Gasteiger partial charge in [0.15, 0.2) is 0 Å². The Hall–Kier alpha value is -2.98. The summed E-state index contributed by atoms with van der Waals surface area (Å²) < 4.78 is 10.8. The predicted molar refractivity (Wildman–Crippen MR) is 105 cm³/mol. The summed E-state index contributed by atoms with van der Waals surface area (Å²) in [5, 5.41) is 13.6. The lowest BCUT2D eigenvalue weighted by Crippen LogP contribution is -2.40. The Balaban J connectivity index is 1.54. The summed E-state index contributed by atoms with van der Waals surface area (Å²) in [5.74, 6) is 1.82. The van der Waals surface area contributed by atoms with Crippen molar-refractivity contribution < 1.29 is 14.6 Å². The fraction of sp³-hybridized carbons (Fsp3) is 0.444. The number of hydrogen-bond donors (Lipinski definition) is 2. The van der Waals surface area contributed by atoms with Crippen LogP contribution in [0.15, 0.2) is 29.4 Å². The van der Waals surface area contributed by atoms with Crippen LogP contribution in [0.2, 0.25) is 0 Å². The average molecular weight is 385 g/mol. The van der Waals surface area contributed by atoms with Gasteiger partial charge in [-0.3, -0.25) is 0 Å². The second-order valence-electron chi connectivity index (χ2n) is 6.42. The molecule has 2 N–H and O–H groups in total. The van der Waals surface area contributed by atoms with E-state index in [4.69, 9.17) is 9.47 Å². The molecule has 3 heterocycles. The molecule has 0 spiro atoms. The van der Waals surface area contributed by atoms with Crippen LogP contribution in [-0.2, 0) is 9.47 Å². The highest BCUT2D eigenvalue weighted by Crippen LogP contribution is 2.18. The highest BCUT2D eigenvalue weighted by Gasteiger charge is 2.20. The third-order valence-corrected chi connectivity index (χ3v) is 4.47. The fourth-order valence-corrected chi connectivity index (χ4v) is 2.94. The number of nitrogens with zero attached hydrogens (tertiary/aromatic N) is 6. The molecule has 4 rings (SSSR count). The van der Waals surface area contributed by atoms with Gasteiger partial charge in [-0.05, 0) is 29.8 Å². The molecule has 2 fully saturated rings. The minimum absolute atomic E-state index is 0.216. The highest BCUT2D eigenvalue weighted by atomic mass is 16.5. The van der Waals surface area contributed by atoms with Gasteiger partial charge in [-0.2, -0.15) is 20.1 Å². The first-order valence-electron chi connectivity index (χ1n) is 9.27. The average Bonchev–Trinajstić information content (AvgIpc) is 2.76. The van der Waals surface area contributed by atoms with Crippen LogP contribution in [0, 0.1) is 0 Å². The molecule has 0 amide bonds. The lowest BCUT2D eigenvalue weighted by Gasteiger charge is -2.30. The Bertz CT molecular complexity index is 767. The number of morpholine rings is 2. The van der Waals surface area contributed by atoms with Crippen molar-refractivity contribution in [3.05, 3.63) is 29.8 Å². The summed E-state index contributed by atoms with van der Waals surface area (Å²) in [6.07, 6.45) is 1.64. The van der Waals surface area contributed by atoms with Gasteiger partial charge in [0.1, 0.15) is 5.75 Å². The van der Waals surface area contributed by atoms with Gasteiger partial charge in [0.2, 0.25) is 17.8 Å². The van der Waals surface area contributed by atoms with Gasteiger partial charge in [-0.1, -0.05) is 0 Å². The van der Waals surface area contributed by atoms with Crippen molar-refractivity contribution in [3.63, 3.8) is 0 Å². The molecule has 2 saturated heterocycles. The number of phenols is 1. The van der Waals surface area contributed by atoms with Crippen molar-refractivity contribution in [1.82, 2.24) is 15.0 Å². The number of nitrogens with one attached hydrogen (secondary N) is 1. The first-order chi connectivity index (χ1) is 13.8. The molecule has 0 saturated carbocycles. The second-order valence-corrected chi connectivity index (χ2v) is 6.42. The maximum Gasteiger partial charge on any atom is 0.250 e. The van der Waals surface area contributed by atoms with Gasteiger partial charge in [0.05, 0.1) is 32.6 Å². The van der Waals surface area contributed by atoms with E-state index in [1.54, 1.807) is 30.5 Å². The van der Waals surface area contributed by atoms with E-state index in [-0.39, 0.29) is 5.75 Å². The van der Waals surface area contributed by atoms with Crippen LogP contribution in [0.4, 0.5) is 17.8 Å². The van der Waals surface area contributed by atoms with E-state index in [0.717, 1.165) is 31.7 Å². The molecule has 0 radical (unpaired) electrons. The maximum absolute atomic E-state index is 9.35. The molecular weight excluding hydrogens is 362 g/mol. The highest BCUT2D eigenvalue weighted by molar-refractivity contribution is 5.80. The van der Waals surface area contributed by atoms with Crippen LogP contribution in [0.25, 0.3) is 0 Å². The van der Waals surface area contributed by atoms with Crippen molar-refractivity contribution >= 4 is 24.1 Å². The van der Waals surface area contributed by atoms with Crippen LogP contribution in [0.1, 0.15) is 5.56 Å². The SMILES string of the molecule is Oc1ccc(/C=N\Nc2nc(N3CCOCC3)nc(N3CCOCC3)n2)cc1. The molecule has 10 nitrogen and oxygen atoms in total. The monoisotopic (exact) mass is 385 g/mol. The van der Waals surface area contributed by atoms with Crippen molar-refractivity contribution in [3.8, 4) is 5.75 Å². The Morgan fingerprint density at radius 3 is 1.93 bits per heavy atom. The number of rotatable bonds is 5. The first kappa shape index (κ1) is 18.4. The summed E-state index contributed by atoms with van der Waals surface area (Å²) in [6, 6.07) is 6.76. The summed E-state index contributed by atoms with van der Waals surface area (Å²) in [4.78, 5) is 17.9. The number of benzene rings is 1. The second kappa shape index (κ2) is 8.81. The summed E-state index contributed by atoms with van der Waals surface area (Å²) in [7, 11) is 0. The number of phenolic OH excluding ortho intramolecular Hbond substituents is 1. The smallest absolute Gasteiger partial charge is 0.250 e. The largest absolute Gasteiger partial charge is 0.508 e. The van der Waals surface area contributed by atoms with Crippen molar-refractivity contribution in [1.29, 1.82) is 0 Å². The zero-order valence-electron chi connectivity index (χ0n) is 15.5. The number of aromatic nitrogens is 3. The Morgan fingerprint density at radius 2 is 1.39 bits per heavy atom. The van der Waals surface area contributed by atoms with E-state index < -0.39 is 0 Å². The third kappa shape index (κ3) is 4.65. The molecule has 2 aliphatic rings. The lowest BCUT2D eigenvalue weighted by atomic mass is 10.2. The number of ether oxygens (including phenoxy) is 2. The zero-order valence-corrected chi connectivity index (χ0v) is 15.5. The van der Waals surface area contributed by atoms with E-state index >= 15 is 0 Å². The van der Waals surface area contributed by atoms with Gasteiger partial charge >= 0.3 is 0 Å². The maximum atomic E-state index is 9.35. The predicted octanol–water partition coefficient (Wildman–Crippen LogP) is 0.696. The van der Waals surface area contributed by atoms with Crippen LogP contribution in [0.5, 0.6) is 5.75 Å². The molecule has 1 aromatic carbocycles. The molecule has 0 atom stereocenters. The quantitative estimate of drug-likeness (QED) is 0.568. The molecule has 148 valence electrons. The van der Waals surface area contributed by atoms with Crippen LogP contribution < -0.4 is 15.2 Å². The lowest BCUT2D eigenvalue weighted by molar-refractivity contribution is 0.121. The number of hydrazone groups is 1. The zero-order chi connectivity index (χ0) is 19.2. The Morgan fingerprint density at radius 1 is 0.857 bits per heavy atom. The normalized spacial score (nSPS) is 17.9. The summed E-state index contributed by atoms with van der Waals surface area (Å²) >= 11 is 0. The Labute approximate surface area is 162 Å². The van der Waals surface area contributed by atoms with E-state index in [1.807, 2.05) is 0 Å². The molecule has 1 aromatic heterocycles. The van der Waals surface area contributed by atoms with Gasteiger partial charge in [-0.25, -0.2) is 5.43 Å². The van der Waals surface area contributed by atoms with E-state index in [2.05, 4.69) is 35.3 Å². The standard InChI is InChI=1S/C18H23N7O3/c26-15-3-1-14(2-4-15)13-19-23-16-20-17(24-5-9-27-10-6-24)22-18(21-16)25-7-11-28-12-8-25/h1-4,13,26H,5-12H2,(H,20,21,22,23)/b19-13-. The van der Waals surface area contributed by atoms with E-state index in [0.29, 0.717) is 44.3 Å². The molecule has 2 aromatic rings. The van der Waals surface area contributed by atoms with Gasteiger partial charge in [0.25, 0.3) is 0 Å². The minimum atomic E-state index is 0.216. The topological polar surface area (TPSA) is 108 Å². The van der Waals surface area contributed by atoms with E-state index in [1.165, 1.54) is 0 Å². The van der Waals surface area contributed by atoms with Crippen molar-refractivity contribution in [2.75, 3.05) is 67.8 Å². The van der Waals surface area contributed by atoms with Crippen LogP contribution in [-0.4, -0.2) is 78.9 Å². The third-order valence-electron chi connectivity index (χ3n) is 4.47. The molecule has 2 aliphatic heterocycles. The van der Waals surface area contributed by atoms with Crippen molar-refractivity contribution in [2.24, 2.45) is 5.10 Å². The summed E-state index contributed by atoms with van der Waals surface area (Å²) in [5.41, 5.74) is 3.74. The first-order valence-corrected chi connectivity index (χ1v) is 9.27. The van der Waals surface area contributed by atoms with Crippen molar-refractivity contribution in [2.45, 2.75) is 0 Å². The van der Waals surface area contributed by atoms with Gasteiger partial charge < -0.3 is 24.4 Å². The van der Waals surface area contributed by atoms with E-state index in [9.17, 15) is 5.11 Å². The Kier molecular flexibility index (Phi) is 5.78. The van der Waals surface area contributed by atoms with Gasteiger partial charge in [-0.15, -0.1) is 0 Å². The number of hydrogen-bond acceptors (Lipinski definition) is 10. The fourth-order valence-electron chi connectivity index (χ4n) is 2.94. The van der Waals surface area contributed by atoms with Crippen LogP contribution >= 0.6 is 0 Å².